The fraction of sp³-hybridized carbons (Fsp3) is 0.158. The van der Waals surface area contributed by atoms with Crippen molar-refractivity contribution in [2.75, 3.05) is 17.8 Å². The average Bonchev–Trinajstić information content (AvgIpc) is 3.33. The summed E-state index contributed by atoms with van der Waals surface area (Å²) in [5.41, 5.74) is 9.02. The lowest BCUT2D eigenvalue weighted by Crippen LogP contribution is -2.05. The first kappa shape index (κ1) is 16.3. The summed E-state index contributed by atoms with van der Waals surface area (Å²) < 4.78 is 11.0. The summed E-state index contributed by atoms with van der Waals surface area (Å²) >= 11 is 0. The lowest BCUT2D eigenvalue weighted by molar-refractivity contribution is 0.173. The molecule has 5 rings (SSSR count). The number of rotatable bonds is 4. The highest BCUT2D eigenvalue weighted by atomic mass is 16.7. The van der Waals surface area contributed by atoms with E-state index in [0.29, 0.717) is 23.9 Å². The Hall–Kier alpha value is -3.88. The molecule has 0 spiro atoms. The van der Waals surface area contributed by atoms with Crippen molar-refractivity contribution in [2.24, 2.45) is 0 Å². The molecule has 1 aliphatic rings. The number of hydrogen-bond donors (Lipinski definition) is 3. The Kier molecular flexibility index (Phi) is 3.71. The van der Waals surface area contributed by atoms with Gasteiger partial charge in [-0.15, -0.1) is 0 Å². The minimum atomic E-state index is 0.214. The number of H-pyrrole nitrogens is 1. The van der Waals surface area contributed by atoms with Crippen molar-refractivity contribution in [1.82, 2.24) is 24.9 Å². The molecule has 0 amide bonds. The first-order valence-corrected chi connectivity index (χ1v) is 8.75. The first-order valence-electron chi connectivity index (χ1n) is 8.75. The SMILES string of the molecule is Cc1nc(NCc2cccc3c2OCO3)c2c(-c3ccnc(N)n3)c[nH]c2n1. The molecule has 9 nitrogen and oxygen atoms in total. The van der Waals surface area contributed by atoms with Crippen LogP contribution in [0.25, 0.3) is 22.3 Å². The number of ether oxygens (including phenoxy) is 2. The van der Waals surface area contributed by atoms with E-state index < -0.39 is 0 Å². The molecule has 4 aromatic rings. The van der Waals surface area contributed by atoms with Gasteiger partial charge in [-0.2, -0.15) is 0 Å². The van der Waals surface area contributed by atoms with Crippen LogP contribution in [0.1, 0.15) is 11.4 Å². The second-order valence-electron chi connectivity index (χ2n) is 6.35. The van der Waals surface area contributed by atoms with Gasteiger partial charge in [0.15, 0.2) is 11.5 Å². The second kappa shape index (κ2) is 6.38. The summed E-state index contributed by atoms with van der Waals surface area (Å²) in [6, 6.07) is 7.63. The highest BCUT2D eigenvalue weighted by Gasteiger charge is 2.19. The van der Waals surface area contributed by atoms with Gasteiger partial charge in [0, 0.05) is 30.1 Å². The third-order valence-electron chi connectivity index (χ3n) is 4.52. The highest BCUT2D eigenvalue weighted by molar-refractivity contribution is 6.00. The Morgan fingerprint density at radius 3 is 3.00 bits per heavy atom. The van der Waals surface area contributed by atoms with Crippen LogP contribution in [0.5, 0.6) is 11.5 Å². The number of anilines is 2. The van der Waals surface area contributed by atoms with Crippen LogP contribution in [0, 0.1) is 6.92 Å². The van der Waals surface area contributed by atoms with Crippen molar-refractivity contribution in [2.45, 2.75) is 13.5 Å². The number of nitrogen functional groups attached to an aromatic ring is 1. The van der Waals surface area contributed by atoms with E-state index in [2.05, 4.69) is 30.2 Å². The minimum Gasteiger partial charge on any atom is -0.454 e. The number of hydrogen-bond acceptors (Lipinski definition) is 8. The highest BCUT2D eigenvalue weighted by Crippen LogP contribution is 2.36. The number of nitrogens with zero attached hydrogens (tertiary/aromatic N) is 4. The van der Waals surface area contributed by atoms with Crippen LogP contribution < -0.4 is 20.5 Å². The molecule has 4 heterocycles. The molecule has 0 saturated carbocycles. The van der Waals surface area contributed by atoms with Crippen molar-refractivity contribution >= 4 is 22.8 Å². The number of nitrogens with one attached hydrogen (secondary N) is 2. The van der Waals surface area contributed by atoms with Crippen LogP contribution in [0.15, 0.2) is 36.7 Å². The lowest BCUT2D eigenvalue weighted by Gasteiger charge is -2.11. The number of para-hydroxylation sites is 1. The molecule has 0 bridgehead atoms. The third kappa shape index (κ3) is 2.73. The van der Waals surface area contributed by atoms with Gasteiger partial charge in [0.1, 0.15) is 17.3 Å². The van der Waals surface area contributed by atoms with Crippen molar-refractivity contribution in [3.05, 3.63) is 48.0 Å². The molecule has 140 valence electrons. The quantitative estimate of drug-likeness (QED) is 0.497. The average molecular weight is 375 g/mol. The summed E-state index contributed by atoms with van der Waals surface area (Å²) in [6.07, 6.45) is 3.48. The summed E-state index contributed by atoms with van der Waals surface area (Å²) in [7, 11) is 0. The zero-order valence-electron chi connectivity index (χ0n) is 15.1. The normalized spacial score (nSPS) is 12.5. The van der Waals surface area contributed by atoms with Gasteiger partial charge in [0.05, 0.1) is 11.1 Å². The number of benzene rings is 1. The lowest BCUT2D eigenvalue weighted by atomic mass is 10.1. The molecule has 0 radical (unpaired) electrons. The predicted octanol–water partition coefficient (Wildman–Crippen LogP) is 2.65. The molecule has 1 aromatic carbocycles. The van der Waals surface area contributed by atoms with Crippen molar-refractivity contribution < 1.29 is 9.47 Å². The Morgan fingerprint density at radius 1 is 1.18 bits per heavy atom. The monoisotopic (exact) mass is 375 g/mol. The van der Waals surface area contributed by atoms with Crippen LogP contribution >= 0.6 is 0 Å². The van der Waals surface area contributed by atoms with Gasteiger partial charge in [-0.25, -0.2) is 19.9 Å². The fourth-order valence-electron chi connectivity index (χ4n) is 3.31. The van der Waals surface area contributed by atoms with E-state index in [1.54, 1.807) is 12.3 Å². The molecule has 9 heteroatoms. The maximum atomic E-state index is 5.75. The van der Waals surface area contributed by atoms with Crippen LogP contribution in [-0.4, -0.2) is 31.7 Å². The van der Waals surface area contributed by atoms with E-state index in [-0.39, 0.29) is 12.7 Å². The first-order chi connectivity index (χ1) is 13.7. The molecule has 28 heavy (non-hydrogen) atoms. The van der Waals surface area contributed by atoms with Crippen molar-refractivity contribution in [3.63, 3.8) is 0 Å². The van der Waals surface area contributed by atoms with Crippen LogP contribution in [0.2, 0.25) is 0 Å². The number of fused-ring (bicyclic) bond motifs is 2. The summed E-state index contributed by atoms with van der Waals surface area (Å²) in [4.78, 5) is 20.6. The number of nitrogens with two attached hydrogens (primary N) is 1. The van der Waals surface area contributed by atoms with Gasteiger partial charge in [0.25, 0.3) is 0 Å². The predicted molar refractivity (Wildman–Crippen MR) is 104 cm³/mol. The molecule has 0 fully saturated rings. The molecule has 0 aliphatic carbocycles. The van der Waals surface area contributed by atoms with Crippen LogP contribution in [0.4, 0.5) is 11.8 Å². The molecule has 0 saturated heterocycles. The van der Waals surface area contributed by atoms with Gasteiger partial charge in [-0.1, -0.05) is 12.1 Å². The largest absolute Gasteiger partial charge is 0.454 e. The Bertz CT molecular complexity index is 1190. The van der Waals surface area contributed by atoms with E-state index in [0.717, 1.165) is 33.7 Å². The van der Waals surface area contributed by atoms with Crippen molar-refractivity contribution in [1.29, 1.82) is 0 Å². The molecule has 1 aliphatic heterocycles. The summed E-state index contributed by atoms with van der Waals surface area (Å²) in [6.45, 7) is 2.61. The Balaban J connectivity index is 1.56. The fourth-order valence-corrected chi connectivity index (χ4v) is 3.31. The topological polar surface area (TPSA) is 124 Å². The molecule has 0 unspecified atom stereocenters. The van der Waals surface area contributed by atoms with Gasteiger partial charge in [0.2, 0.25) is 12.7 Å². The Morgan fingerprint density at radius 2 is 2.11 bits per heavy atom. The number of aromatic nitrogens is 5. The minimum absolute atomic E-state index is 0.214. The summed E-state index contributed by atoms with van der Waals surface area (Å²) in [5, 5.41) is 4.25. The third-order valence-corrected chi connectivity index (χ3v) is 4.52. The van der Waals surface area contributed by atoms with Gasteiger partial charge >= 0.3 is 0 Å². The maximum Gasteiger partial charge on any atom is 0.231 e. The van der Waals surface area contributed by atoms with Crippen LogP contribution in [0.3, 0.4) is 0 Å². The molecule has 3 aromatic heterocycles. The van der Waals surface area contributed by atoms with E-state index >= 15 is 0 Å². The Labute approximate surface area is 160 Å². The number of aryl methyl sites for hydroxylation is 1. The molecular formula is C19H17N7O2. The van der Waals surface area contributed by atoms with E-state index in [9.17, 15) is 0 Å². The van der Waals surface area contributed by atoms with Crippen LogP contribution in [-0.2, 0) is 6.54 Å². The van der Waals surface area contributed by atoms with Gasteiger partial charge in [-0.05, 0) is 19.1 Å². The molecule has 4 N–H and O–H groups in total. The standard InChI is InChI=1S/C19H17N7O2/c1-10-24-17(22-7-11-3-2-4-14-16(11)28-9-27-14)15-12(8-23-18(15)25-10)13-5-6-21-19(20)26-13/h2-6,8H,7,9H2,1H3,(H2,20,21,26)(H2,22,23,24,25). The molecule has 0 atom stereocenters. The number of aromatic amines is 1. The zero-order chi connectivity index (χ0) is 19.1. The van der Waals surface area contributed by atoms with Crippen molar-refractivity contribution in [3.8, 4) is 22.8 Å². The zero-order valence-corrected chi connectivity index (χ0v) is 15.1. The van der Waals surface area contributed by atoms with E-state index in [1.165, 1.54) is 0 Å². The van der Waals surface area contributed by atoms with E-state index in [1.807, 2.05) is 31.3 Å². The van der Waals surface area contributed by atoms with E-state index in [4.69, 9.17) is 15.2 Å². The maximum absolute atomic E-state index is 5.75. The van der Waals surface area contributed by atoms with Gasteiger partial charge < -0.3 is 25.5 Å². The van der Waals surface area contributed by atoms with Gasteiger partial charge in [-0.3, -0.25) is 0 Å². The smallest absolute Gasteiger partial charge is 0.231 e. The molecular weight excluding hydrogens is 358 g/mol. The second-order valence-corrected chi connectivity index (χ2v) is 6.35. The summed E-state index contributed by atoms with van der Waals surface area (Å²) in [5.74, 6) is 3.08.